The van der Waals surface area contributed by atoms with E-state index >= 15 is 0 Å². The van der Waals surface area contributed by atoms with Gasteiger partial charge in [0.25, 0.3) is 0 Å². The Bertz CT molecular complexity index is 654. The first-order valence-electron chi connectivity index (χ1n) is 5.54. The molecule has 3 rings (SSSR count). The molecule has 0 saturated carbocycles. The molecule has 0 aliphatic carbocycles. The van der Waals surface area contributed by atoms with Gasteiger partial charge in [-0.3, -0.25) is 4.79 Å². The molecule has 0 unspecified atom stereocenters. The summed E-state index contributed by atoms with van der Waals surface area (Å²) in [5, 5.41) is 4.17. The van der Waals surface area contributed by atoms with Gasteiger partial charge in [0.05, 0.1) is 18.1 Å². The number of carbonyl (C=O) groups is 1. The van der Waals surface area contributed by atoms with Crippen LogP contribution in [0.15, 0.2) is 65.4 Å². The van der Waals surface area contributed by atoms with Crippen LogP contribution in [0.1, 0.15) is 16.2 Å². The Morgan fingerprint density at radius 1 is 1.06 bits per heavy atom. The van der Waals surface area contributed by atoms with Gasteiger partial charge in [0.2, 0.25) is 5.78 Å². The summed E-state index contributed by atoms with van der Waals surface area (Å²) < 4.78 is 6.72. The fourth-order valence-corrected chi connectivity index (χ4v) is 1.78. The van der Waals surface area contributed by atoms with Gasteiger partial charge >= 0.3 is 0 Å². The Morgan fingerprint density at radius 3 is 2.61 bits per heavy atom. The van der Waals surface area contributed by atoms with Crippen LogP contribution in [0.4, 0.5) is 0 Å². The lowest BCUT2D eigenvalue weighted by Gasteiger charge is -2.04. The van der Waals surface area contributed by atoms with Crippen LogP contribution in [0.25, 0.3) is 5.69 Å². The molecular weight excluding hydrogens is 228 g/mol. The summed E-state index contributed by atoms with van der Waals surface area (Å²) in [5.74, 6) is 0.133. The Morgan fingerprint density at radius 2 is 1.89 bits per heavy atom. The molecule has 18 heavy (non-hydrogen) atoms. The Kier molecular flexibility index (Phi) is 2.53. The first-order valence-corrected chi connectivity index (χ1v) is 5.54. The molecule has 2 aromatic heterocycles. The summed E-state index contributed by atoms with van der Waals surface area (Å²) in [6, 6.07) is 14.5. The SMILES string of the molecule is O=C(c1ccco1)c1ccnn1-c1ccccc1. The molecule has 0 spiro atoms. The van der Waals surface area contributed by atoms with E-state index in [1.807, 2.05) is 30.3 Å². The third kappa shape index (κ3) is 1.73. The van der Waals surface area contributed by atoms with Gasteiger partial charge in [-0.15, -0.1) is 0 Å². The summed E-state index contributed by atoms with van der Waals surface area (Å²) in [6.45, 7) is 0. The summed E-state index contributed by atoms with van der Waals surface area (Å²) >= 11 is 0. The zero-order chi connectivity index (χ0) is 12.4. The first kappa shape index (κ1) is 10.5. The molecule has 0 fully saturated rings. The number of rotatable bonds is 3. The van der Waals surface area contributed by atoms with Crippen LogP contribution in [0, 0.1) is 0 Å². The smallest absolute Gasteiger partial charge is 0.246 e. The van der Waals surface area contributed by atoms with Crippen LogP contribution in [-0.2, 0) is 0 Å². The third-order valence-electron chi connectivity index (χ3n) is 2.62. The van der Waals surface area contributed by atoms with Crippen molar-refractivity contribution >= 4 is 5.78 Å². The summed E-state index contributed by atoms with van der Waals surface area (Å²) in [6.07, 6.45) is 3.08. The topological polar surface area (TPSA) is 48.0 Å². The number of ketones is 1. The minimum absolute atomic E-state index is 0.179. The predicted molar refractivity (Wildman–Crippen MR) is 65.7 cm³/mol. The van der Waals surface area contributed by atoms with Crippen LogP contribution in [0.5, 0.6) is 0 Å². The second kappa shape index (κ2) is 4.33. The largest absolute Gasteiger partial charge is 0.461 e. The van der Waals surface area contributed by atoms with E-state index in [-0.39, 0.29) is 5.78 Å². The molecule has 0 atom stereocenters. The van der Waals surface area contributed by atoms with Gasteiger partial charge in [0, 0.05) is 0 Å². The Balaban J connectivity index is 2.05. The van der Waals surface area contributed by atoms with Gasteiger partial charge < -0.3 is 4.42 Å². The van der Waals surface area contributed by atoms with Crippen LogP contribution in [0.3, 0.4) is 0 Å². The molecule has 0 N–H and O–H groups in total. The summed E-state index contributed by atoms with van der Waals surface area (Å²) in [7, 11) is 0. The fraction of sp³-hybridized carbons (Fsp3) is 0. The molecule has 0 bridgehead atoms. The zero-order valence-electron chi connectivity index (χ0n) is 9.48. The maximum atomic E-state index is 12.2. The molecule has 0 aliphatic rings. The lowest BCUT2D eigenvalue weighted by Crippen LogP contribution is -2.09. The van der Waals surface area contributed by atoms with Crippen LogP contribution < -0.4 is 0 Å². The number of furan rings is 1. The predicted octanol–water partition coefficient (Wildman–Crippen LogP) is 2.70. The van der Waals surface area contributed by atoms with Crippen molar-refractivity contribution in [1.82, 2.24) is 9.78 Å². The van der Waals surface area contributed by atoms with E-state index in [1.165, 1.54) is 6.26 Å². The third-order valence-corrected chi connectivity index (χ3v) is 2.62. The van der Waals surface area contributed by atoms with E-state index in [1.54, 1.807) is 29.1 Å². The van der Waals surface area contributed by atoms with Crippen LogP contribution in [0.2, 0.25) is 0 Å². The van der Waals surface area contributed by atoms with Crippen molar-refractivity contribution in [2.24, 2.45) is 0 Å². The molecule has 3 aromatic rings. The van der Waals surface area contributed by atoms with Crippen molar-refractivity contribution in [3.63, 3.8) is 0 Å². The van der Waals surface area contributed by atoms with Crippen molar-refractivity contribution in [1.29, 1.82) is 0 Å². The van der Waals surface area contributed by atoms with Gasteiger partial charge in [-0.1, -0.05) is 18.2 Å². The van der Waals surface area contributed by atoms with E-state index in [9.17, 15) is 4.79 Å². The van der Waals surface area contributed by atoms with Gasteiger partial charge in [0.15, 0.2) is 5.76 Å². The van der Waals surface area contributed by atoms with Crippen molar-refractivity contribution in [3.8, 4) is 5.69 Å². The lowest BCUT2D eigenvalue weighted by molar-refractivity contribution is 0.100. The number of benzene rings is 1. The monoisotopic (exact) mass is 238 g/mol. The highest BCUT2D eigenvalue weighted by molar-refractivity contribution is 6.06. The highest BCUT2D eigenvalue weighted by Gasteiger charge is 2.17. The van der Waals surface area contributed by atoms with Crippen molar-refractivity contribution in [3.05, 3.63) is 72.4 Å². The fourth-order valence-electron chi connectivity index (χ4n) is 1.78. The molecule has 0 radical (unpaired) electrons. The summed E-state index contributed by atoms with van der Waals surface area (Å²) in [4.78, 5) is 12.2. The number of hydrogen-bond donors (Lipinski definition) is 0. The number of aromatic nitrogens is 2. The van der Waals surface area contributed by atoms with E-state index in [0.29, 0.717) is 11.5 Å². The number of para-hydroxylation sites is 1. The average molecular weight is 238 g/mol. The van der Waals surface area contributed by atoms with Gasteiger partial charge in [-0.25, -0.2) is 4.68 Å². The van der Waals surface area contributed by atoms with Crippen molar-refractivity contribution < 1.29 is 9.21 Å². The minimum atomic E-state index is -0.179. The molecule has 4 nitrogen and oxygen atoms in total. The molecular formula is C14H10N2O2. The van der Waals surface area contributed by atoms with E-state index in [4.69, 9.17) is 4.42 Å². The molecule has 0 aliphatic heterocycles. The van der Waals surface area contributed by atoms with Gasteiger partial charge in [-0.05, 0) is 30.3 Å². The molecule has 0 amide bonds. The summed E-state index contributed by atoms with van der Waals surface area (Å²) in [5.41, 5.74) is 1.33. The minimum Gasteiger partial charge on any atom is -0.461 e. The van der Waals surface area contributed by atoms with Crippen LogP contribution >= 0.6 is 0 Å². The molecule has 4 heteroatoms. The second-order valence-corrected chi connectivity index (χ2v) is 3.77. The number of carbonyl (C=O) groups excluding carboxylic acids is 1. The molecule has 0 saturated heterocycles. The van der Waals surface area contributed by atoms with Crippen molar-refractivity contribution in [2.45, 2.75) is 0 Å². The van der Waals surface area contributed by atoms with Crippen molar-refractivity contribution in [2.75, 3.05) is 0 Å². The average Bonchev–Trinajstić information content (AvgIpc) is 3.10. The maximum absolute atomic E-state index is 12.2. The lowest BCUT2D eigenvalue weighted by atomic mass is 10.2. The standard InChI is InChI=1S/C14H10N2O2/c17-14(13-7-4-10-18-13)12-8-9-15-16(12)11-5-2-1-3-6-11/h1-10H. The van der Waals surface area contributed by atoms with Crippen LogP contribution in [-0.4, -0.2) is 15.6 Å². The maximum Gasteiger partial charge on any atom is 0.246 e. The van der Waals surface area contributed by atoms with Gasteiger partial charge in [-0.2, -0.15) is 5.10 Å². The Labute approximate surface area is 103 Å². The molecule has 88 valence electrons. The molecule has 1 aromatic carbocycles. The van der Waals surface area contributed by atoms with E-state index < -0.39 is 0 Å². The quantitative estimate of drug-likeness (QED) is 0.659. The normalized spacial score (nSPS) is 10.4. The van der Waals surface area contributed by atoms with E-state index in [0.717, 1.165) is 5.69 Å². The van der Waals surface area contributed by atoms with Gasteiger partial charge in [0.1, 0.15) is 5.69 Å². The number of nitrogens with zero attached hydrogens (tertiary/aromatic N) is 2. The Hall–Kier alpha value is -2.62. The van der Waals surface area contributed by atoms with E-state index in [2.05, 4.69) is 5.10 Å². The highest BCUT2D eigenvalue weighted by Crippen LogP contribution is 2.14. The first-order chi connectivity index (χ1) is 8.86. The number of hydrogen-bond acceptors (Lipinski definition) is 3. The molecule has 2 heterocycles. The zero-order valence-corrected chi connectivity index (χ0v) is 9.48. The second-order valence-electron chi connectivity index (χ2n) is 3.77. The highest BCUT2D eigenvalue weighted by atomic mass is 16.3.